The van der Waals surface area contributed by atoms with Gasteiger partial charge in [-0.25, -0.2) is 0 Å². The molecule has 0 aliphatic rings. The van der Waals surface area contributed by atoms with Crippen molar-refractivity contribution in [2.24, 2.45) is 5.73 Å². The number of nitriles is 1. The Morgan fingerprint density at radius 1 is 1.60 bits per heavy atom. The van der Waals surface area contributed by atoms with Crippen LogP contribution in [0, 0.1) is 16.7 Å². The van der Waals surface area contributed by atoms with E-state index in [1.165, 1.54) is 18.2 Å². The van der Waals surface area contributed by atoms with E-state index in [0.717, 1.165) is 0 Å². The van der Waals surface area contributed by atoms with Crippen LogP contribution in [0.4, 0.5) is 0 Å². The number of nitrogens with zero attached hydrogens (tertiary/aromatic N) is 1. The van der Waals surface area contributed by atoms with Crippen molar-refractivity contribution in [3.05, 3.63) is 29.3 Å². The number of rotatable bonds is 1. The maximum absolute atomic E-state index is 11.3. The Labute approximate surface area is 85.4 Å². The van der Waals surface area contributed by atoms with Gasteiger partial charge in [-0.15, -0.1) is 0 Å². The van der Waals surface area contributed by atoms with E-state index >= 15 is 0 Å². The summed E-state index contributed by atoms with van der Waals surface area (Å²) in [6, 6.07) is 5.65. The van der Waals surface area contributed by atoms with Crippen LogP contribution < -0.4 is 11.1 Å². The summed E-state index contributed by atoms with van der Waals surface area (Å²) in [4.78, 5) is 11.3. The van der Waals surface area contributed by atoms with Gasteiger partial charge in [0.15, 0.2) is 5.96 Å². The predicted octanol–water partition coefficient (Wildman–Crippen LogP) is -0.113. The molecule has 1 aromatic carbocycles. The van der Waals surface area contributed by atoms with Crippen molar-refractivity contribution in [1.29, 1.82) is 10.7 Å². The molecule has 5 N–H and O–H groups in total. The second-order valence-corrected chi connectivity index (χ2v) is 2.71. The van der Waals surface area contributed by atoms with E-state index in [1.807, 2.05) is 11.4 Å². The van der Waals surface area contributed by atoms with Gasteiger partial charge >= 0.3 is 0 Å². The Balaban J connectivity index is 3.08. The van der Waals surface area contributed by atoms with Crippen LogP contribution in [0.2, 0.25) is 0 Å². The third kappa shape index (κ3) is 2.45. The molecule has 0 saturated heterocycles. The third-order valence-corrected chi connectivity index (χ3v) is 1.62. The van der Waals surface area contributed by atoms with Crippen LogP contribution in [-0.2, 0) is 0 Å². The summed E-state index contributed by atoms with van der Waals surface area (Å²) in [7, 11) is 0. The minimum Gasteiger partial charge on any atom is -0.507 e. The number of aromatic hydroxyl groups is 1. The minimum absolute atomic E-state index is 0.0933. The molecule has 6 nitrogen and oxygen atoms in total. The first-order chi connectivity index (χ1) is 7.04. The molecule has 15 heavy (non-hydrogen) atoms. The molecule has 1 amide bonds. The minimum atomic E-state index is -0.725. The lowest BCUT2D eigenvalue weighted by molar-refractivity contribution is 0.0974. The Bertz CT molecular complexity index is 462. The maximum atomic E-state index is 11.3. The number of nitrogens with two attached hydrogens (primary N) is 1. The van der Waals surface area contributed by atoms with Crippen molar-refractivity contribution in [2.45, 2.75) is 0 Å². The molecule has 0 aliphatic heterocycles. The van der Waals surface area contributed by atoms with E-state index in [0.29, 0.717) is 0 Å². The average molecular weight is 204 g/mol. The molecule has 76 valence electrons. The fraction of sp³-hybridized carbons (Fsp3) is 0. The molecule has 0 aromatic heterocycles. The highest BCUT2D eigenvalue weighted by atomic mass is 16.3. The topological polar surface area (TPSA) is 123 Å². The van der Waals surface area contributed by atoms with Gasteiger partial charge in [0, 0.05) is 0 Å². The van der Waals surface area contributed by atoms with E-state index in [1.54, 1.807) is 0 Å². The van der Waals surface area contributed by atoms with Gasteiger partial charge in [-0.2, -0.15) is 5.26 Å². The zero-order chi connectivity index (χ0) is 11.4. The smallest absolute Gasteiger partial charge is 0.261 e. The molecule has 0 radical (unpaired) electrons. The van der Waals surface area contributed by atoms with Crippen molar-refractivity contribution < 1.29 is 9.90 Å². The Morgan fingerprint density at radius 3 is 2.80 bits per heavy atom. The van der Waals surface area contributed by atoms with Gasteiger partial charge in [-0.1, -0.05) is 0 Å². The van der Waals surface area contributed by atoms with Crippen molar-refractivity contribution in [1.82, 2.24) is 5.32 Å². The lowest BCUT2D eigenvalue weighted by atomic mass is 10.1. The Kier molecular flexibility index (Phi) is 2.88. The van der Waals surface area contributed by atoms with Crippen LogP contribution in [-0.4, -0.2) is 17.0 Å². The zero-order valence-electron chi connectivity index (χ0n) is 7.61. The Hall–Kier alpha value is -2.55. The summed E-state index contributed by atoms with van der Waals surface area (Å²) < 4.78 is 0. The summed E-state index contributed by atoms with van der Waals surface area (Å²) in [6.45, 7) is 0. The number of carbonyl (C=O) groups is 1. The van der Waals surface area contributed by atoms with Gasteiger partial charge in [0.25, 0.3) is 5.91 Å². The highest BCUT2D eigenvalue weighted by molar-refractivity contribution is 6.06. The number of phenolic OH excluding ortho intramolecular Hbond substituents is 1. The fourth-order valence-electron chi connectivity index (χ4n) is 0.977. The van der Waals surface area contributed by atoms with Crippen LogP contribution in [0.1, 0.15) is 15.9 Å². The molecule has 0 unspecified atom stereocenters. The van der Waals surface area contributed by atoms with Crippen LogP contribution in [0.5, 0.6) is 5.75 Å². The zero-order valence-corrected chi connectivity index (χ0v) is 7.61. The second-order valence-electron chi connectivity index (χ2n) is 2.71. The van der Waals surface area contributed by atoms with Gasteiger partial charge in [0.1, 0.15) is 5.75 Å². The maximum Gasteiger partial charge on any atom is 0.261 e. The molecule has 6 heteroatoms. The quantitative estimate of drug-likeness (QED) is 0.376. The van der Waals surface area contributed by atoms with Crippen LogP contribution in [0.25, 0.3) is 0 Å². The SMILES string of the molecule is N#Cc1ccc(O)c(C(=O)NC(=N)N)c1. The first-order valence-corrected chi connectivity index (χ1v) is 3.93. The highest BCUT2D eigenvalue weighted by Crippen LogP contribution is 2.17. The fourth-order valence-corrected chi connectivity index (χ4v) is 0.977. The molecule has 0 spiro atoms. The monoisotopic (exact) mass is 204 g/mol. The van der Waals surface area contributed by atoms with Crippen LogP contribution in [0.3, 0.4) is 0 Å². The second kappa shape index (κ2) is 4.11. The third-order valence-electron chi connectivity index (χ3n) is 1.62. The van der Waals surface area contributed by atoms with Crippen molar-refractivity contribution in [2.75, 3.05) is 0 Å². The van der Waals surface area contributed by atoms with Gasteiger partial charge in [0.05, 0.1) is 17.2 Å². The summed E-state index contributed by atoms with van der Waals surface area (Å²) >= 11 is 0. The van der Waals surface area contributed by atoms with E-state index < -0.39 is 11.9 Å². The number of benzene rings is 1. The van der Waals surface area contributed by atoms with Gasteiger partial charge < -0.3 is 10.8 Å². The summed E-state index contributed by atoms with van der Waals surface area (Å²) in [5.41, 5.74) is 5.10. The van der Waals surface area contributed by atoms with Gasteiger partial charge in [0.2, 0.25) is 0 Å². The molecular weight excluding hydrogens is 196 g/mol. The van der Waals surface area contributed by atoms with E-state index in [-0.39, 0.29) is 16.9 Å². The number of nitrogens with one attached hydrogen (secondary N) is 2. The van der Waals surface area contributed by atoms with E-state index in [9.17, 15) is 9.90 Å². The molecule has 0 saturated carbocycles. The summed E-state index contributed by atoms with van der Waals surface area (Å²) in [5, 5.41) is 26.8. The highest BCUT2D eigenvalue weighted by Gasteiger charge is 2.12. The van der Waals surface area contributed by atoms with Gasteiger partial charge in [-0.3, -0.25) is 15.5 Å². The number of carbonyl (C=O) groups excluding carboxylic acids is 1. The van der Waals surface area contributed by atoms with Gasteiger partial charge in [-0.05, 0) is 18.2 Å². The van der Waals surface area contributed by atoms with Crippen molar-refractivity contribution >= 4 is 11.9 Å². The van der Waals surface area contributed by atoms with E-state index in [2.05, 4.69) is 0 Å². The van der Waals surface area contributed by atoms with E-state index in [4.69, 9.17) is 16.4 Å². The molecule has 1 aromatic rings. The predicted molar refractivity (Wildman–Crippen MR) is 52.2 cm³/mol. The first-order valence-electron chi connectivity index (χ1n) is 3.93. The number of guanidine groups is 1. The summed E-state index contributed by atoms with van der Waals surface area (Å²) in [5.74, 6) is -1.52. The number of hydrogen-bond donors (Lipinski definition) is 4. The standard InChI is InChI=1S/C9H8N4O2/c10-4-5-1-2-7(14)6(3-5)8(15)13-9(11)12/h1-3,14H,(H4,11,12,13,15). The molecule has 0 fully saturated rings. The molecule has 0 atom stereocenters. The molecular formula is C9H8N4O2. The first kappa shape index (κ1) is 10.5. The molecule has 0 heterocycles. The number of hydrogen-bond acceptors (Lipinski definition) is 4. The summed E-state index contributed by atoms with van der Waals surface area (Å²) in [6.07, 6.45) is 0. The average Bonchev–Trinajstić information content (AvgIpc) is 2.17. The number of phenols is 1. The van der Waals surface area contributed by atoms with Crippen molar-refractivity contribution in [3.8, 4) is 11.8 Å². The molecule has 0 bridgehead atoms. The lowest BCUT2D eigenvalue weighted by Crippen LogP contribution is -2.35. The largest absolute Gasteiger partial charge is 0.507 e. The molecule has 0 aliphatic carbocycles. The molecule has 1 rings (SSSR count). The van der Waals surface area contributed by atoms with Crippen LogP contribution >= 0.6 is 0 Å². The lowest BCUT2D eigenvalue weighted by Gasteiger charge is -2.04. The van der Waals surface area contributed by atoms with Crippen LogP contribution in [0.15, 0.2) is 18.2 Å². The number of amides is 1. The Morgan fingerprint density at radius 2 is 2.27 bits per heavy atom. The normalized spacial score (nSPS) is 9.00. The van der Waals surface area contributed by atoms with Crippen molar-refractivity contribution in [3.63, 3.8) is 0 Å².